The third-order valence-corrected chi connectivity index (χ3v) is 2.84. The number of halogens is 2. The van der Waals surface area contributed by atoms with Gasteiger partial charge in [-0.3, -0.25) is 0 Å². The molecule has 0 amide bonds. The van der Waals surface area contributed by atoms with Gasteiger partial charge in [0.2, 0.25) is 0 Å². The van der Waals surface area contributed by atoms with Gasteiger partial charge >= 0.3 is 0 Å². The molecule has 5 heteroatoms. The van der Waals surface area contributed by atoms with Crippen LogP contribution in [0.5, 0.6) is 0 Å². The van der Waals surface area contributed by atoms with Gasteiger partial charge in [-0.1, -0.05) is 6.07 Å². The maximum Gasteiger partial charge on any atom is 0.163 e. The van der Waals surface area contributed by atoms with Gasteiger partial charge in [0, 0.05) is 0 Å². The summed E-state index contributed by atoms with van der Waals surface area (Å²) in [6, 6.07) is 6.68. The Morgan fingerprint density at radius 3 is 2.94 bits per heavy atom. The van der Waals surface area contributed by atoms with E-state index in [-0.39, 0.29) is 12.4 Å². The van der Waals surface area contributed by atoms with Crippen molar-refractivity contribution in [2.75, 3.05) is 0 Å². The molecule has 16 heavy (non-hydrogen) atoms. The monoisotopic (exact) mass is 284 g/mol. The van der Waals surface area contributed by atoms with Crippen LogP contribution >= 0.6 is 15.9 Å². The lowest BCUT2D eigenvalue weighted by molar-refractivity contribution is 0.273. The van der Waals surface area contributed by atoms with Crippen molar-refractivity contribution in [2.24, 2.45) is 0 Å². The number of benzene rings is 1. The highest BCUT2D eigenvalue weighted by atomic mass is 79.9. The molecule has 1 aromatic carbocycles. The van der Waals surface area contributed by atoms with Crippen LogP contribution in [0.25, 0.3) is 5.69 Å². The lowest BCUT2D eigenvalue weighted by Crippen LogP contribution is -2.04. The van der Waals surface area contributed by atoms with E-state index in [1.165, 1.54) is 4.68 Å². The normalized spacial score (nSPS) is 10.8. The molecule has 0 saturated carbocycles. The molecular weight excluding hydrogens is 275 g/mol. The number of aliphatic hydroxyl groups is 1. The maximum atomic E-state index is 13.8. The van der Waals surface area contributed by atoms with Crippen molar-refractivity contribution >= 4 is 15.9 Å². The van der Waals surface area contributed by atoms with Gasteiger partial charge in [0.15, 0.2) is 5.82 Å². The van der Waals surface area contributed by atoms with Crippen molar-refractivity contribution in [3.63, 3.8) is 0 Å². The van der Waals surface area contributed by atoms with E-state index in [1.807, 2.05) is 0 Å². The molecule has 0 aliphatic rings. The minimum atomic E-state index is -0.389. The number of rotatable bonds is 2. The molecule has 0 saturated heterocycles. The van der Waals surface area contributed by atoms with Gasteiger partial charge in [-0.25, -0.2) is 9.07 Å². The van der Waals surface area contributed by atoms with Gasteiger partial charge in [-0.2, -0.15) is 5.10 Å². The molecule has 0 atom stereocenters. The van der Waals surface area contributed by atoms with Crippen molar-refractivity contribution in [3.8, 4) is 5.69 Å². The number of hydrogen-bond acceptors (Lipinski definition) is 2. The van der Waals surface area contributed by atoms with Gasteiger partial charge < -0.3 is 5.11 Å². The first-order valence-corrected chi connectivity index (χ1v) is 5.53. The predicted molar refractivity (Wildman–Crippen MR) is 61.9 cm³/mol. The fourth-order valence-corrected chi connectivity index (χ4v) is 1.89. The van der Waals surface area contributed by atoms with Crippen molar-refractivity contribution in [2.45, 2.75) is 13.5 Å². The zero-order valence-corrected chi connectivity index (χ0v) is 10.2. The van der Waals surface area contributed by atoms with Gasteiger partial charge in [0.05, 0.1) is 22.5 Å². The Morgan fingerprint density at radius 2 is 2.25 bits per heavy atom. The Labute approximate surface area is 101 Å². The van der Waals surface area contributed by atoms with Crippen LogP contribution in [0, 0.1) is 12.7 Å². The first kappa shape index (κ1) is 11.3. The number of nitrogens with zero attached hydrogens (tertiary/aromatic N) is 2. The fourth-order valence-electron chi connectivity index (χ4n) is 1.53. The average molecular weight is 285 g/mol. The van der Waals surface area contributed by atoms with Crippen molar-refractivity contribution in [3.05, 3.63) is 45.9 Å². The third kappa shape index (κ3) is 1.88. The van der Waals surface area contributed by atoms with Crippen LogP contribution in [0.15, 0.2) is 28.7 Å². The van der Waals surface area contributed by atoms with E-state index in [0.29, 0.717) is 15.9 Å². The van der Waals surface area contributed by atoms with Crippen LogP contribution < -0.4 is 0 Å². The first-order chi connectivity index (χ1) is 7.63. The van der Waals surface area contributed by atoms with Gasteiger partial charge in [-0.05, 0) is 41.1 Å². The Hall–Kier alpha value is -1.20. The molecule has 2 aromatic rings. The topological polar surface area (TPSA) is 38.0 Å². The van der Waals surface area contributed by atoms with E-state index >= 15 is 0 Å². The van der Waals surface area contributed by atoms with E-state index in [4.69, 9.17) is 5.11 Å². The molecule has 1 N–H and O–H groups in total. The minimum Gasteiger partial charge on any atom is -0.390 e. The summed E-state index contributed by atoms with van der Waals surface area (Å²) >= 11 is 3.12. The first-order valence-electron chi connectivity index (χ1n) is 4.74. The zero-order valence-electron chi connectivity index (χ0n) is 8.61. The van der Waals surface area contributed by atoms with Crippen LogP contribution in [0.2, 0.25) is 0 Å². The molecule has 1 aromatic heterocycles. The van der Waals surface area contributed by atoms with Crippen LogP contribution in [0.1, 0.15) is 11.4 Å². The van der Waals surface area contributed by atoms with Crippen LogP contribution in [0.4, 0.5) is 4.39 Å². The molecular formula is C11H10BrFN2O. The molecule has 0 bridgehead atoms. The summed E-state index contributed by atoms with van der Waals surface area (Å²) < 4.78 is 15.6. The lowest BCUT2D eigenvalue weighted by atomic mass is 10.3. The van der Waals surface area contributed by atoms with Gasteiger partial charge in [0.1, 0.15) is 5.69 Å². The quantitative estimate of drug-likeness (QED) is 0.921. The van der Waals surface area contributed by atoms with Crippen molar-refractivity contribution in [1.82, 2.24) is 9.78 Å². The zero-order chi connectivity index (χ0) is 11.7. The number of hydrogen-bond donors (Lipinski definition) is 1. The van der Waals surface area contributed by atoms with Gasteiger partial charge in [0.25, 0.3) is 0 Å². The lowest BCUT2D eigenvalue weighted by Gasteiger charge is -2.07. The smallest absolute Gasteiger partial charge is 0.163 e. The maximum absolute atomic E-state index is 13.8. The van der Waals surface area contributed by atoms with Gasteiger partial charge in [-0.15, -0.1) is 0 Å². The fraction of sp³-hybridized carbons (Fsp3) is 0.182. The Balaban J connectivity index is 2.62. The summed E-state index contributed by atoms with van der Waals surface area (Å²) in [7, 11) is 0. The van der Waals surface area contributed by atoms with Crippen LogP contribution in [-0.2, 0) is 6.61 Å². The highest BCUT2D eigenvalue weighted by Gasteiger charge is 2.12. The molecule has 3 nitrogen and oxygen atoms in total. The highest BCUT2D eigenvalue weighted by molar-refractivity contribution is 9.10. The molecule has 84 valence electrons. The summed E-state index contributed by atoms with van der Waals surface area (Å²) in [5, 5.41) is 13.3. The number of aromatic nitrogens is 2. The molecule has 0 aliphatic heterocycles. The molecule has 0 unspecified atom stereocenters. The second kappa shape index (κ2) is 4.35. The van der Waals surface area contributed by atoms with E-state index < -0.39 is 0 Å². The Bertz CT molecular complexity index is 525. The van der Waals surface area contributed by atoms with E-state index in [0.717, 1.165) is 5.69 Å². The molecule has 0 spiro atoms. The average Bonchev–Trinajstić information content (AvgIpc) is 2.63. The predicted octanol–water partition coefficient (Wildman–Crippen LogP) is 2.57. The largest absolute Gasteiger partial charge is 0.390 e. The van der Waals surface area contributed by atoms with Crippen LogP contribution in [0.3, 0.4) is 0 Å². The van der Waals surface area contributed by atoms with Crippen molar-refractivity contribution in [1.29, 1.82) is 0 Å². The molecule has 0 aliphatic carbocycles. The summed E-state index contributed by atoms with van der Waals surface area (Å²) in [6.45, 7) is 1.62. The summed E-state index contributed by atoms with van der Waals surface area (Å²) in [4.78, 5) is 0. The highest BCUT2D eigenvalue weighted by Crippen LogP contribution is 2.22. The molecule has 0 fully saturated rings. The Morgan fingerprint density at radius 1 is 1.50 bits per heavy atom. The second-order valence-electron chi connectivity index (χ2n) is 3.42. The van der Waals surface area contributed by atoms with E-state index in [2.05, 4.69) is 21.0 Å². The van der Waals surface area contributed by atoms with E-state index in [9.17, 15) is 4.39 Å². The summed E-state index contributed by atoms with van der Waals surface area (Å²) in [6.07, 6.45) is 0. The standard InChI is InChI=1S/C11H10BrFN2O/c1-7-5-8(6-16)15(14-7)10-4-2-3-9(12)11(10)13/h2-5,16H,6H2,1H3. The van der Waals surface area contributed by atoms with Crippen LogP contribution in [-0.4, -0.2) is 14.9 Å². The molecule has 0 radical (unpaired) electrons. The number of aryl methyl sites for hydroxylation is 1. The molecule has 1 heterocycles. The van der Waals surface area contributed by atoms with Crippen molar-refractivity contribution < 1.29 is 9.50 Å². The summed E-state index contributed by atoms with van der Waals surface area (Å²) in [5.74, 6) is -0.389. The second-order valence-corrected chi connectivity index (χ2v) is 4.27. The Kier molecular flexibility index (Phi) is 3.07. The number of aliphatic hydroxyl groups excluding tert-OH is 1. The minimum absolute atomic E-state index is 0.174. The van der Waals surface area contributed by atoms with E-state index in [1.54, 1.807) is 31.2 Å². The molecule has 2 rings (SSSR count). The third-order valence-electron chi connectivity index (χ3n) is 2.23. The summed E-state index contributed by atoms with van der Waals surface area (Å²) in [5.41, 5.74) is 1.63. The SMILES string of the molecule is Cc1cc(CO)n(-c2cccc(Br)c2F)n1.